The smallest absolute Gasteiger partial charge is 0.417 e. The number of hydrogen-bond acceptors (Lipinski definition) is 4. The molecule has 0 aliphatic rings. The molecular formula is C15H21N3O3. The van der Waals surface area contributed by atoms with Crippen LogP contribution >= 0.6 is 0 Å². The molecule has 2 rings (SSSR count). The van der Waals surface area contributed by atoms with Gasteiger partial charge in [0.1, 0.15) is 5.60 Å². The topological polar surface area (TPSA) is 67.6 Å². The van der Waals surface area contributed by atoms with Crippen molar-refractivity contribution in [2.75, 3.05) is 18.1 Å². The number of imidazole rings is 1. The number of rotatable bonds is 3. The fourth-order valence-electron chi connectivity index (χ4n) is 2.06. The van der Waals surface area contributed by atoms with Gasteiger partial charge in [-0.1, -0.05) is 12.1 Å². The number of ether oxygens (including phenoxy) is 1. The monoisotopic (exact) mass is 291 g/mol. The molecule has 1 amide bonds. The van der Waals surface area contributed by atoms with Crippen LogP contribution in [0, 0.1) is 0 Å². The number of aliphatic hydroxyl groups excluding tert-OH is 1. The number of hydrogen-bond donors (Lipinski definition) is 1. The molecule has 0 unspecified atom stereocenters. The first-order valence-electron chi connectivity index (χ1n) is 6.86. The highest BCUT2D eigenvalue weighted by molar-refractivity contribution is 5.89. The number of nitrogens with zero attached hydrogens (tertiary/aromatic N) is 3. The van der Waals surface area contributed by atoms with Crippen LogP contribution < -0.4 is 4.90 Å². The van der Waals surface area contributed by atoms with Crippen LogP contribution in [-0.4, -0.2) is 39.5 Å². The van der Waals surface area contributed by atoms with Gasteiger partial charge in [0, 0.05) is 7.05 Å². The minimum absolute atomic E-state index is 0.131. The van der Waals surface area contributed by atoms with Gasteiger partial charge in [-0.2, -0.15) is 0 Å². The van der Waals surface area contributed by atoms with Gasteiger partial charge in [-0.25, -0.2) is 14.7 Å². The number of para-hydroxylation sites is 2. The Balaban J connectivity index is 2.40. The molecule has 0 saturated heterocycles. The molecule has 0 atom stereocenters. The van der Waals surface area contributed by atoms with E-state index < -0.39 is 11.7 Å². The van der Waals surface area contributed by atoms with E-state index in [1.165, 1.54) is 4.90 Å². The van der Waals surface area contributed by atoms with Crippen molar-refractivity contribution in [2.45, 2.75) is 26.4 Å². The second kappa shape index (κ2) is 5.73. The molecule has 6 heteroatoms. The van der Waals surface area contributed by atoms with Crippen molar-refractivity contribution in [2.24, 2.45) is 7.05 Å². The summed E-state index contributed by atoms with van der Waals surface area (Å²) in [5, 5.41) is 9.22. The largest absolute Gasteiger partial charge is 0.443 e. The van der Waals surface area contributed by atoms with Gasteiger partial charge in [-0.05, 0) is 32.9 Å². The van der Waals surface area contributed by atoms with E-state index in [0.29, 0.717) is 5.95 Å². The Morgan fingerprint density at radius 3 is 2.62 bits per heavy atom. The molecule has 1 N–H and O–H groups in total. The summed E-state index contributed by atoms with van der Waals surface area (Å²) in [5.41, 5.74) is 1.11. The summed E-state index contributed by atoms with van der Waals surface area (Å²) in [5.74, 6) is 0.458. The zero-order chi connectivity index (χ0) is 15.6. The Morgan fingerprint density at radius 1 is 1.38 bits per heavy atom. The fraction of sp³-hybridized carbons (Fsp3) is 0.467. The maximum atomic E-state index is 12.3. The van der Waals surface area contributed by atoms with E-state index in [1.54, 1.807) is 20.8 Å². The van der Waals surface area contributed by atoms with E-state index in [4.69, 9.17) is 4.74 Å². The first kappa shape index (κ1) is 15.3. The standard InChI is InChI=1S/C15H21N3O3/c1-15(2,3)21-14(20)18(9-10-19)13-16-11-7-5-6-8-12(11)17(13)4/h5-8,19H,9-10H2,1-4H3. The quantitative estimate of drug-likeness (QED) is 0.942. The normalized spacial score (nSPS) is 11.7. The Bertz CT molecular complexity index is 643. The lowest BCUT2D eigenvalue weighted by Gasteiger charge is -2.26. The molecule has 114 valence electrons. The highest BCUT2D eigenvalue weighted by atomic mass is 16.6. The van der Waals surface area contributed by atoms with Crippen molar-refractivity contribution in [3.8, 4) is 0 Å². The van der Waals surface area contributed by atoms with E-state index >= 15 is 0 Å². The Labute approximate surface area is 124 Å². The van der Waals surface area contributed by atoms with Crippen LogP contribution in [0.2, 0.25) is 0 Å². The van der Waals surface area contributed by atoms with Gasteiger partial charge in [0.05, 0.1) is 24.2 Å². The Kier molecular flexibility index (Phi) is 4.18. The second-order valence-corrected chi connectivity index (χ2v) is 5.82. The summed E-state index contributed by atoms with van der Waals surface area (Å²) in [7, 11) is 1.83. The van der Waals surface area contributed by atoms with Crippen molar-refractivity contribution in [1.82, 2.24) is 9.55 Å². The lowest BCUT2D eigenvalue weighted by molar-refractivity contribution is 0.0570. The molecule has 0 fully saturated rings. The minimum atomic E-state index is -0.602. The third-order valence-electron chi connectivity index (χ3n) is 2.94. The summed E-state index contributed by atoms with van der Waals surface area (Å²) in [6.07, 6.45) is -0.519. The van der Waals surface area contributed by atoms with Gasteiger partial charge >= 0.3 is 6.09 Å². The van der Waals surface area contributed by atoms with Crippen molar-refractivity contribution in [3.05, 3.63) is 24.3 Å². The number of benzene rings is 1. The van der Waals surface area contributed by atoms with Crippen molar-refractivity contribution >= 4 is 23.1 Å². The molecule has 1 heterocycles. The maximum Gasteiger partial charge on any atom is 0.417 e. The van der Waals surface area contributed by atoms with E-state index in [9.17, 15) is 9.90 Å². The summed E-state index contributed by atoms with van der Waals surface area (Å²) in [6.45, 7) is 5.37. The number of anilines is 1. The van der Waals surface area contributed by atoms with E-state index in [0.717, 1.165) is 11.0 Å². The molecule has 0 bridgehead atoms. The van der Waals surface area contributed by atoms with Crippen LogP contribution in [0.3, 0.4) is 0 Å². The molecule has 0 saturated carbocycles. The van der Waals surface area contributed by atoms with Crippen molar-refractivity contribution in [3.63, 3.8) is 0 Å². The SMILES string of the molecule is Cn1c(N(CCO)C(=O)OC(C)(C)C)nc2ccccc21. The molecule has 1 aromatic heterocycles. The molecule has 0 aliphatic carbocycles. The van der Waals surface area contributed by atoms with Crippen LogP contribution in [0.1, 0.15) is 20.8 Å². The highest BCUT2D eigenvalue weighted by Crippen LogP contribution is 2.22. The van der Waals surface area contributed by atoms with E-state index in [2.05, 4.69) is 4.98 Å². The Hall–Kier alpha value is -2.08. The maximum absolute atomic E-state index is 12.3. The van der Waals surface area contributed by atoms with Crippen LogP contribution in [0.25, 0.3) is 11.0 Å². The molecule has 0 radical (unpaired) electrons. The zero-order valence-electron chi connectivity index (χ0n) is 12.8. The van der Waals surface area contributed by atoms with Gasteiger partial charge in [0.2, 0.25) is 5.95 Å². The number of aromatic nitrogens is 2. The van der Waals surface area contributed by atoms with Crippen molar-refractivity contribution < 1.29 is 14.6 Å². The number of carbonyl (C=O) groups excluding carboxylic acids is 1. The van der Waals surface area contributed by atoms with E-state index in [1.807, 2.05) is 35.9 Å². The number of aliphatic hydroxyl groups is 1. The molecule has 21 heavy (non-hydrogen) atoms. The second-order valence-electron chi connectivity index (χ2n) is 5.82. The minimum Gasteiger partial charge on any atom is -0.443 e. The van der Waals surface area contributed by atoms with Crippen LogP contribution in [0.4, 0.5) is 10.7 Å². The predicted molar refractivity (Wildman–Crippen MR) is 81.4 cm³/mol. The van der Waals surface area contributed by atoms with Crippen LogP contribution in [0.15, 0.2) is 24.3 Å². The lowest BCUT2D eigenvalue weighted by Crippen LogP contribution is -2.39. The average Bonchev–Trinajstić information content (AvgIpc) is 2.72. The van der Waals surface area contributed by atoms with Gasteiger partial charge < -0.3 is 14.4 Å². The van der Waals surface area contributed by atoms with Gasteiger partial charge in [-0.3, -0.25) is 0 Å². The van der Waals surface area contributed by atoms with E-state index in [-0.39, 0.29) is 13.2 Å². The highest BCUT2D eigenvalue weighted by Gasteiger charge is 2.26. The molecule has 2 aromatic rings. The van der Waals surface area contributed by atoms with Gasteiger partial charge in [-0.15, -0.1) is 0 Å². The molecule has 0 aliphatic heterocycles. The third kappa shape index (κ3) is 3.33. The number of carbonyl (C=O) groups is 1. The predicted octanol–water partition coefficient (Wildman–Crippen LogP) is 2.31. The number of aryl methyl sites for hydroxylation is 1. The summed E-state index contributed by atoms with van der Waals surface area (Å²) in [4.78, 5) is 18.1. The van der Waals surface area contributed by atoms with Crippen LogP contribution in [0.5, 0.6) is 0 Å². The van der Waals surface area contributed by atoms with Crippen molar-refractivity contribution in [1.29, 1.82) is 0 Å². The molecule has 0 spiro atoms. The van der Waals surface area contributed by atoms with Gasteiger partial charge in [0.15, 0.2) is 0 Å². The molecule has 1 aromatic carbocycles. The summed E-state index contributed by atoms with van der Waals surface area (Å²) in [6, 6.07) is 7.61. The fourth-order valence-corrected chi connectivity index (χ4v) is 2.06. The lowest BCUT2D eigenvalue weighted by atomic mass is 10.2. The summed E-state index contributed by atoms with van der Waals surface area (Å²) < 4.78 is 7.19. The van der Waals surface area contributed by atoms with Crippen LogP contribution in [-0.2, 0) is 11.8 Å². The Morgan fingerprint density at radius 2 is 2.05 bits per heavy atom. The van der Waals surface area contributed by atoms with Gasteiger partial charge in [0.25, 0.3) is 0 Å². The number of amides is 1. The zero-order valence-corrected chi connectivity index (χ0v) is 12.8. The molecular weight excluding hydrogens is 270 g/mol. The number of fused-ring (bicyclic) bond motifs is 1. The first-order valence-corrected chi connectivity index (χ1v) is 6.86. The third-order valence-corrected chi connectivity index (χ3v) is 2.94. The summed E-state index contributed by atoms with van der Waals surface area (Å²) >= 11 is 0. The first-order chi connectivity index (χ1) is 9.83. The average molecular weight is 291 g/mol. The molecule has 6 nitrogen and oxygen atoms in total.